The first-order chi connectivity index (χ1) is 11.0. The first kappa shape index (κ1) is 15.5. The summed E-state index contributed by atoms with van der Waals surface area (Å²) in [6.45, 7) is 3.84. The van der Waals surface area contributed by atoms with Crippen LogP contribution in [0.15, 0.2) is 30.3 Å². The van der Waals surface area contributed by atoms with Gasteiger partial charge in [0.25, 0.3) is 0 Å². The number of carboxylic acid groups (broad SMARTS) is 1. The number of fused-ring (bicyclic) bond motifs is 1. The summed E-state index contributed by atoms with van der Waals surface area (Å²) in [4.78, 5) is 15.4. The van der Waals surface area contributed by atoms with E-state index in [1.165, 1.54) is 0 Å². The molecule has 1 N–H and O–H groups in total. The van der Waals surface area contributed by atoms with E-state index in [9.17, 15) is 4.79 Å². The number of hydrogen-bond acceptors (Lipinski definition) is 3. The maximum atomic E-state index is 10.8. The van der Waals surface area contributed by atoms with Crippen molar-refractivity contribution in [1.29, 1.82) is 0 Å². The lowest BCUT2D eigenvalue weighted by molar-refractivity contribution is -0.136. The Balaban J connectivity index is 2.07. The van der Waals surface area contributed by atoms with E-state index in [0.717, 1.165) is 33.9 Å². The van der Waals surface area contributed by atoms with E-state index in [2.05, 4.69) is 10.1 Å². The van der Waals surface area contributed by atoms with Crippen LogP contribution >= 0.6 is 11.6 Å². The number of halogens is 1. The quantitative estimate of drug-likeness (QED) is 0.792. The first-order valence-corrected chi connectivity index (χ1v) is 7.67. The Morgan fingerprint density at radius 2 is 1.96 bits per heavy atom. The second kappa shape index (κ2) is 6.01. The van der Waals surface area contributed by atoms with Gasteiger partial charge in [-0.2, -0.15) is 5.10 Å². The van der Waals surface area contributed by atoms with Gasteiger partial charge in [0.15, 0.2) is 5.65 Å². The molecule has 1 aromatic carbocycles. The molecule has 0 bridgehead atoms. The van der Waals surface area contributed by atoms with Crippen molar-refractivity contribution in [3.63, 3.8) is 0 Å². The van der Waals surface area contributed by atoms with Gasteiger partial charge in [-0.25, -0.2) is 9.50 Å². The third-order valence-electron chi connectivity index (χ3n) is 3.89. The van der Waals surface area contributed by atoms with E-state index < -0.39 is 5.97 Å². The lowest BCUT2D eigenvalue weighted by Gasteiger charge is -2.09. The molecule has 0 aliphatic rings. The summed E-state index contributed by atoms with van der Waals surface area (Å²) < 4.78 is 1.77. The van der Waals surface area contributed by atoms with Crippen molar-refractivity contribution < 1.29 is 9.90 Å². The monoisotopic (exact) mass is 329 g/mol. The Morgan fingerprint density at radius 1 is 1.26 bits per heavy atom. The number of aromatic nitrogens is 3. The molecular weight excluding hydrogens is 314 g/mol. The molecule has 0 spiro atoms. The minimum absolute atomic E-state index is 0.0835. The molecule has 0 aliphatic heterocycles. The molecule has 0 unspecified atom stereocenters. The van der Waals surface area contributed by atoms with Crippen LogP contribution in [0, 0.1) is 13.8 Å². The second-order valence-electron chi connectivity index (χ2n) is 5.46. The molecular formula is C17H16ClN3O2. The van der Waals surface area contributed by atoms with Crippen LogP contribution < -0.4 is 0 Å². The van der Waals surface area contributed by atoms with Crippen molar-refractivity contribution in [1.82, 2.24) is 14.6 Å². The summed E-state index contributed by atoms with van der Waals surface area (Å²) in [6.07, 6.45) is 0.534. The fourth-order valence-corrected chi connectivity index (χ4v) is 2.81. The highest BCUT2D eigenvalue weighted by Gasteiger charge is 2.14. The third kappa shape index (κ3) is 3.05. The molecule has 0 radical (unpaired) electrons. The van der Waals surface area contributed by atoms with Gasteiger partial charge in [0.1, 0.15) is 0 Å². The minimum atomic E-state index is -0.814. The molecule has 0 saturated heterocycles. The number of nitrogens with zero attached hydrogens (tertiary/aromatic N) is 3. The van der Waals surface area contributed by atoms with Crippen molar-refractivity contribution >= 4 is 23.2 Å². The van der Waals surface area contributed by atoms with E-state index in [1.54, 1.807) is 4.52 Å². The Morgan fingerprint density at radius 3 is 2.61 bits per heavy atom. The number of carboxylic acids is 1. The summed E-state index contributed by atoms with van der Waals surface area (Å²) in [5.41, 5.74) is 5.23. The van der Waals surface area contributed by atoms with Gasteiger partial charge in [-0.05, 0) is 38.0 Å². The highest BCUT2D eigenvalue weighted by molar-refractivity contribution is 6.30. The molecule has 3 aromatic rings. The molecule has 0 atom stereocenters. The van der Waals surface area contributed by atoms with E-state index in [-0.39, 0.29) is 6.42 Å². The molecule has 0 fully saturated rings. The van der Waals surface area contributed by atoms with Crippen LogP contribution in [0.3, 0.4) is 0 Å². The van der Waals surface area contributed by atoms with Crippen LogP contribution in [0.2, 0.25) is 5.02 Å². The number of aliphatic carboxylic acids is 1. The van der Waals surface area contributed by atoms with Gasteiger partial charge in [-0.15, -0.1) is 0 Å². The molecule has 6 heteroatoms. The lowest BCUT2D eigenvalue weighted by atomic mass is 10.1. The van der Waals surface area contributed by atoms with Crippen molar-refractivity contribution in [2.75, 3.05) is 0 Å². The van der Waals surface area contributed by atoms with E-state index in [1.807, 2.05) is 44.2 Å². The summed E-state index contributed by atoms with van der Waals surface area (Å²) in [5.74, 6) is -0.814. The second-order valence-corrected chi connectivity index (χ2v) is 5.90. The largest absolute Gasteiger partial charge is 0.481 e. The van der Waals surface area contributed by atoms with Gasteiger partial charge in [-0.3, -0.25) is 4.79 Å². The summed E-state index contributed by atoms with van der Waals surface area (Å²) >= 11 is 5.92. The molecule has 2 heterocycles. The molecule has 118 valence electrons. The van der Waals surface area contributed by atoms with Crippen molar-refractivity contribution in [2.24, 2.45) is 0 Å². The average molecular weight is 330 g/mol. The van der Waals surface area contributed by atoms with Gasteiger partial charge < -0.3 is 5.11 Å². The normalized spacial score (nSPS) is 11.1. The average Bonchev–Trinajstić information content (AvgIpc) is 2.91. The van der Waals surface area contributed by atoms with Gasteiger partial charge in [-0.1, -0.05) is 23.7 Å². The number of hydrogen-bond donors (Lipinski definition) is 1. The van der Waals surface area contributed by atoms with Crippen LogP contribution in [-0.4, -0.2) is 25.7 Å². The van der Waals surface area contributed by atoms with Crippen LogP contribution in [0.4, 0.5) is 0 Å². The lowest BCUT2D eigenvalue weighted by Crippen LogP contribution is -2.07. The minimum Gasteiger partial charge on any atom is -0.481 e. The van der Waals surface area contributed by atoms with Gasteiger partial charge in [0.2, 0.25) is 0 Å². The molecule has 3 rings (SSSR count). The van der Waals surface area contributed by atoms with E-state index in [4.69, 9.17) is 16.7 Å². The molecule has 0 aliphatic carbocycles. The van der Waals surface area contributed by atoms with Crippen LogP contribution in [0.1, 0.15) is 23.4 Å². The zero-order valence-corrected chi connectivity index (χ0v) is 13.6. The van der Waals surface area contributed by atoms with Gasteiger partial charge in [0.05, 0.1) is 5.69 Å². The zero-order chi connectivity index (χ0) is 16.6. The maximum absolute atomic E-state index is 10.8. The number of carbonyl (C=O) groups is 1. The number of benzene rings is 1. The fraction of sp³-hybridized carbons (Fsp3) is 0.235. The standard InChI is InChI=1S/C17H16ClN3O2/c1-10-14(7-8-17(22)23)11(2)21-16(19-10)9-15(20-21)12-3-5-13(18)6-4-12/h3-6,9H,7-8H2,1-2H3,(H,22,23). The predicted octanol–water partition coefficient (Wildman–Crippen LogP) is 3.68. The molecule has 23 heavy (non-hydrogen) atoms. The van der Waals surface area contributed by atoms with Crippen LogP contribution in [0.5, 0.6) is 0 Å². The SMILES string of the molecule is Cc1nc2cc(-c3ccc(Cl)cc3)nn2c(C)c1CCC(=O)O. The zero-order valence-electron chi connectivity index (χ0n) is 12.9. The fourth-order valence-electron chi connectivity index (χ4n) is 2.68. The Kier molecular flexibility index (Phi) is 4.05. The van der Waals surface area contributed by atoms with Gasteiger partial charge in [0, 0.05) is 34.5 Å². The maximum Gasteiger partial charge on any atom is 0.303 e. The number of aryl methyl sites for hydroxylation is 2. The van der Waals surface area contributed by atoms with Crippen molar-refractivity contribution in [3.8, 4) is 11.3 Å². The Labute approximate surface area is 138 Å². The highest BCUT2D eigenvalue weighted by atomic mass is 35.5. The molecule has 0 saturated carbocycles. The van der Waals surface area contributed by atoms with Crippen molar-refractivity contribution in [2.45, 2.75) is 26.7 Å². The molecule has 0 amide bonds. The third-order valence-corrected chi connectivity index (χ3v) is 4.14. The Bertz CT molecular complexity index is 885. The van der Waals surface area contributed by atoms with Crippen molar-refractivity contribution in [3.05, 3.63) is 52.3 Å². The van der Waals surface area contributed by atoms with Crippen LogP contribution in [-0.2, 0) is 11.2 Å². The predicted molar refractivity (Wildman–Crippen MR) is 88.9 cm³/mol. The van der Waals surface area contributed by atoms with E-state index in [0.29, 0.717) is 11.4 Å². The van der Waals surface area contributed by atoms with Crippen LogP contribution in [0.25, 0.3) is 16.9 Å². The highest BCUT2D eigenvalue weighted by Crippen LogP contribution is 2.23. The van der Waals surface area contributed by atoms with E-state index >= 15 is 0 Å². The molecule has 5 nitrogen and oxygen atoms in total. The smallest absolute Gasteiger partial charge is 0.303 e. The topological polar surface area (TPSA) is 67.5 Å². The summed E-state index contributed by atoms with van der Waals surface area (Å²) in [7, 11) is 0. The number of rotatable bonds is 4. The Hall–Kier alpha value is -2.40. The summed E-state index contributed by atoms with van der Waals surface area (Å²) in [6, 6.07) is 9.40. The first-order valence-electron chi connectivity index (χ1n) is 7.29. The summed E-state index contributed by atoms with van der Waals surface area (Å²) in [5, 5.41) is 14.2. The van der Waals surface area contributed by atoms with Gasteiger partial charge >= 0.3 is 5.97 Å². The molecule has 2 aromatic heterocycles.